The quantitative estimate of drug-likeness (QED) is 0.717. The molecule has 0 radical (unpaired) electrons. The van der Waals surface area contributed by atoms with Crippen LogP contribution in [-0.2, 0) is 11.3 Å². The molecule has 0 aromatic carbocycles. The molecule has 0 bridgehead atoms. The first-order chi connectivity index (χ1) is 12.1. The number of thiophene rings is 1. The number of aromatic nitrogens is 4. The van der Waals surface area contributed by atoms with Crippen LogP contribution in [0.25, 0.3) is 16.1 Å². The van der Waals surface area contributed by atoms with Gasteiger partial charge in [-0.25, -0.2) is 9.20 Å². The molecule has 1 saturated heterocycles. The van der Waals surface area contributed by atoms with E-state index in [1.165, 1.54) is 15.5 Å². The van der Waals surface area contributed by atoms with Gasteiger partial charge in [0.1, 0.15) is 24.1 Å². The molecule has 8 heteroatoms. The van der Waals surface area contributed by atoms with Crippen molar-refractivity contribution < 1.29 is 4.79 Å². The summed E-state index contributed by atoms with van der Waals surface area (Å²) < 4.78 is 2.70. The van der Waals surface area contributed by atoms with Crippen LogP contribution in [0.15, 0.2) is 34.7 Å². The first kappa shape index (κ1) is 16.0. The highest BCUT2D eigenvalue weighted by Gasteiger charge is 2.21. The molecule has 7 nitrogen and oxygen atoms in total. The number of carbonyl (C=O) groups is 1. The molecule has 3 aromatic rings. The highest BCUT2D eigenvalue weighted by Crippen LogP contribution is 2.23. The third-order valence-electron chi connectivity index (χ3n) is 4.68. The van der Waals surface area contributed by atoms with Crippen LogP contribution in [0, 0.1) is 5.92 Å². The molecule has 130 valence electrons. The molecule has 1 fully saturated rings. The van der Waals surface area contributed by atoms with Crippen LogP contribution < -0.4 is 5.56 Å². The fraction of sp³-hybridized carbons (Fsp3) is 0.412. The van der Waals surface area contributed by atoms with E-state index in [4.69, 9.17) is 0 Å². The van der Waals surface area contributed by atoms with Gasteiger partial charge in [-0.2, -0.15) is 10.2 Å². The Morgan fingerprint density at radius 3 is 2.88 bits per heavy atom. The third-order valence-corrected chi connectivity index (χ3v) is 5.58. The number of rotatable bonds is 3. The molecule has 0 saturated carbocycles. The van der Waals surface area contributed by atoms with Gasteiger partial charge in [0.25, 0.3) is 5.56 Å². The fourth-order valence-electron chi connectivity index (χ4n) is 3.08. The molecule has 1 aliphatic heterocycles. The summed E-state index contributed by atoms with van der Waals surface area (Å²) in [6.45, 7) is 3.69. The molecule has 0 aliphatic carbocycles. The van der Waals surface area contributed by atoms with E-state index in [0.717, 1.165) is 36.5 Å². The molecule has 1 amide bonds. The summed E-state index contributed by atoms with van der Waals surface area (Å²) in [6.07, 6.45) is 3.51. The average Bonchev–Trinajstić information content (AvgIpc) is 3.27. The Labute approximate surface area is 148 Å². The van der Waals surface area contributed by atoms with Gasteiger partial charge in [0, 0.05) is 13.1 Å². The van der Waals surface area contributed by atoms with Crippen LogP contribution >= 0.6 is 11.3 Å². The summed E-state index contributed by atoms with van der Waals surface area (Å²) in [6, 6.07) is 5.65. The topological polar surface area (TPSA) is 72.5 Å². The lowest BCUT2D eigenvalue weighted by atomic mass is 9.99. The summed E-state index contributed by atoms with van der Waals surface area (Å²) >= 11 is 1.57. The Morgan fingerprint density at radius 2 is 2.16 bits per heavy atom. The molecule has 4 heterocycles. The number of nitrogens with zero attached hydrogens (tertiary/aromatic N) is 5. The Balaban J connectivity index is 1.59. The van der Waals surface area contributed by atoms with Crippen LogP contribution in [0.1, 0.15) is 19.8 Å². The predicted molar refractivity (Wildman–Crippen MR) is 95.5 cm³/mol. The third kappa shape index (κ3) is 3.09. The maximum absolute atomic E-state index is 12.7. The molecule has 25 heavy (non-hydrogen) atoms. The highest BCUT2D eigenvalue weighted by molar-refractivity contribution is 7.13. The van der Waals surface area contributed by atoms with Crippen LogP contribution in [0.5, 0.6) is 0 Å². The van der Waals surface area contributed by atoms with Crippen molar-refractivity contribution in [1.82, 2.24) is 24.3 Å². The van der Waals surface area contributed by atoms with Gasteiger partial charge in [-0.3, -0.25) is 9.59 Å². The van der Waals surface area contributed by atoms with Gasteiger partial charge in [0.2, 0.25) is 5.91 Å². The molecule has 0 unspecified atom stereocenters. The van der Waals surface area contributed by atoms with E-state index in [9.17, 15) is 9.59 Å². The van der Waals surface area contributed by atoms with Crippen LogP contribution in [0.4, 0.5) is 0 Å². The summed E-state index contributed by atoms with van der Waals surface area (Å²) in [7, 11) is 0. The number of piperidine rings is 1. The minimum Gasteiger partial charge on any atom is -0.341 e. The van der Waals surface area contributed by atoms with E-state index in [2.05, 4.69) is 17.1 Å². The van der Waals surface area contributed by atoms with Gasteiger partial charge < -0.3 is 4.90 Å². The van der Waals surface area contributed by atoms with Gasteiger partial charge in [0.15, 0.2) is 0 Å². The summed E-state index contributed by atoms with van der Waals surface area (Å²) in [5.41, 5.74) is 0.873. The monoisotopic (exact) mass is 357 g/mol. The molecular weight excluding hydrogens is 338 g/mol. The van der Waals surface area contributed by atoms with Gasteiger partial charge in [-0.15, -0.1) is 11.3 Å². The predicted octanol–water partition coefficient (Wildman–Crippen LogP) is 1.88. The molecule has 1 aliphatic rings. The van der Waals surface area contributed by atoms with Crippen LogP contribution in [0.2, 0.25) is 0 Å². The van der Waals surface area contributed by atoms with Gasteiger partial charge in [-0.05, 0) is 36.3 Å². The van der Waals surface area contributed by atoms with Crippen molar-refractivity contribution in [3.8, 4) is 10.6 Å². The van der Waals surface area contributed by atoms with Gasteiger partial charge >= 0.3 is 0 Å². The smallest absolute Gasteiger partial charge is 0.293 e. The Morgan fingerprint density at radius 1 is 1.36 bits per heavy atom. The lowest BCUT2D eigenvalue weighted by Crippen LogP contribution is -2.41. The number of hydrogen-bond acceptors (Lipinski definition) is 5. The zero-order valence-electron chi connectivity index (χ0n) is 14.0. The average molecular weight is 357 g/mol. The fourth-order valence-corrected chi connectivity index (χ4v) is 3.76. The van der Waals surface area contributed by atoms with Crippen molar-refractivity contribution in [3.63, 3.8) is 0 Å². The minimum absolute atomic E-state index is 0.0246. The molecule has 0 N–H and O–H groups in total. The summed E-state index contributed by atoms with van der Waals surface area (Å²) in [5.74, 6) is 0.604. The van der Waals surface area contributed by atoms with Crippen molar-refractivity contribution in [3.05, 3.63) is 40.3 Å². The van der Waals surface area contributed by atoms with Gasteiger partial charge in [0.05, 0.1) is 4.88 Å². The lowest BCUT2D eigenvalue weighted by Gasteiger charge is -2.30. The van der Waals surface area contributed by atoms with E-state index in [0.29, 0.717) is 11.4 Å². The van der Waals surface area contributed by atoms with Crippen molar-refractivity contribution in [2.75, 3.05) is 13.1 Å². The van der Waals surface area contributed by atoms with E-state index in [-0.39, 0.29) is 18.0 Å². The summed E-state index contributed by atoms with van der Waals surface area (Å²) in [4.78, 5) is 27.9. The van der Waals surface area contributed by atoms with Crippen LogP contribution in [-0.4, -0.2) is 43.3 Å². The first-order valence-electron chi connectivity index (χ1n) is 8.39. The van der Waals surface area contributed by atoms with Crippen LogP contribution in [0.3, 0.4) is 0 Å². The first-order valence-corrected chi connectivity index (χ1v) is 9.27. The van der Waals surface area contributed by atoms with E-state index < -0.39 is 0 Å². The SMILES string of the molecule is CC1CCN(C(=O)Cn2ncn3nc(-c4cccs4)cc3c2=O)CC1. The van der Waals surface area contributed by atoms with Crippen molar-refractivity contribution >= 4 is 22.8 Å². The molecule has 0 atom stereocenters. The number of hydrogen-bond donors (Lipinski definition) is 0. The zero-order chi connectivity index (χ0) is 17.4. The zero-order valence-corrected chi connectivity index (χ0v) is 14.8. The number of likely N-dealkylation sites (tertiary alicyclic amines) is 1. The van der Waals surface area contributed by atoms with Crippen molar-refractivity contribution in [2.24, 2.45) is 5.92 Å². The normalized spacial score (nSPS) is 15.8. The number of amides is 1. The number of carbonyl (C=O) groups excluding carboxylic acids is 1. The van der Waals surface area contributed by atoms with Gasteiger partial charge in [-0.1, -0.05) is 13.0 Å². The largest absolute Gasteiger partial charge is 0.341 e. The number of fused-ring (bicyclic) bond motifs is 1. The molecule has 3 aromatic heterocycles. The maximum Gasteiger partial charge on any atom is 0.293 e. The Hall–Kier alpha value is -2.48. The molecule has 0 spiro atoms. The second-order valence-corrected chi connectivity index (χ2v) is 7.44. The highest BCUT2D eigenvalue weighted by atomic mass is 32.1. The summed E-state index contributed by atoms with van der Waals surface area (Å²) in [5, 5.41) is 10.5. The van der Waals surface area contributed by atoms with E-state index in [1.807, 2.05) is 22.4 Å². The van der Waals surface area contributed by atoms with E-state index >= 15 is 0 Å². The van der Waals surface area contributed by atoms with Crippen molar-refractivity contribution in [1.29, 1.82) is 0 Å². The van der Waals surface area contributed by atoms with Crippen molar-refractivity contribution in [2.45, 2.75) is 26.3 Å². The minimum atomic E-state index is -0.295. The second kappa shape index (κ2) is 6.44. The second-order valence-electron chi connectivity index (χ2n) is 6.49. The molecule has 4 rings (SSSR count). The standard InChI is InChI=1S/C17H19N5O2S/c1-12-4-6-20(7-5-12)16(23)10-21-17(24)14-9-13(15-3-2-8-25-15)19-22(14)11-18-21/h2-3,8-9,11-12H,4-7,10H2,1H3. The lowest BCUT2D eigenvalue weighted by molar-refractivity contribution is -0.133. The Bertz CT molecular complexity index is 951. The maximum atomic E-state index is 12.7. The van der Waals surface area contributed by atoms with E-state index in [1.54, 1.807) is 17.4 Å². The Kier molecular flexibility index (Phi) is 4.12. The molecular formula is C17H19N5O2S.